The Bertz CT molecular complexity index is 1100. The van der Waals surface area contributed by atoms with E-state index in [1.165, 1.54) is 29.2 Å². The lowest BCUT2D eigenvalue weighted by Crippen LogP contribution is -1.96. The van der Waals surface area contributed by atoms with Gasteiger partial charge in [-0.05, 0) is 47.7 Å². The average molecular weight is 325 g/mol. The molecule has 1 saturated carbocycles. The van der Waals surface area contributed by atoms with E-state index in [1.807, 2.05) is 16.6 Å². The highest BCUT2D eigenvalue weighted by atomic mass is 15.3. The second kappa shape index (κ2) is 5.55. The van der Waals surface area contributed by atoms with Gasteiger partial charge in [-0.2, -0.15) is 5.10 Å². The quantitative estimate of drug-likeness (QED) is 0.491. The van der Waals surface area contributed by atoms with Crippen molar-refractivity contribution in [3.63, 3.8) is 0 Å². The van der Waals surface area contributed by atoms with Crippen molar-refractivity contribution in [1.82, 2.24) is 14.6 Å². The van der Waals surface area contributed by atoms with Gasteiger partial charge in [-0.3, -0.25) is 0 Å². The zero-order valence-electron chi connectivity index (χ0n) is 14.0. The molecule has 0 amide bonds. The third-order valence-corrected chi connectivity index (χ3v) is 4.99. The van der Waals surface area contributed by atoms with Gasteiger partial charge in [0, 0.05) is 12.0 Å². The first-order valence-electron chi connectivity index (χ1n) is 8.79. The zero-order chi connectivity index (χ0) is 16.8. The van der Waals surface area contributed by atoms with E-state index >= 15 is 0 Å². The minimum Gasteiger partial charge on any atom is -0.213 e. The van der Waals surface area contributed by atoms with Crippen molar-refractivity contribution in [2.75, 3.05) is 0 Å². The van der Waals surface area contributed by atoms with Gasteiger partial charge in [-0.25, -0.2) is 9.50 Å². The predicted molar refractivity (Wildman–Crippen MR) is 101 cm³/mol. The van der Waals surface area contributed by atoms with Crippen LogP contribution >= 0.6 is 0 Å². The monoisotopic (exact) mass is 325 g/mol. The number of hydrogen-bond acceptors (Lipinski definition) is 2. The minimum absolute atomic E-state index is 0.687. The SMILES string of the molecule is C=C(Cc1nc2cccc(-c3ccc4ccccc4c3)n2n1)C1CC1. The lowest BCUT2D eigenvalue weighted by atomic mass is 10.0. The first kappa shape index (κ1) is 14.4. The number of benzene rings is 2. The number of rotatable bonds is 4. The van der Waals surface area contributed by atoms with Crippen LogP contribution in [0, 0.1) is 5.92 Å². The van der Waals surface area contributed by atoms with Crippen LogP contribution in [0.25, 0.3) is 27.7 Å². The second-order valence-corrected chi connectivity index (χ2v) is 6.88. The van der Waals surface area contributed by atoms with Gasteiger partial charge in [0.15, 0.2) is 11.5 Å². The summed E-state index contributed by atoms with van der Waals surface area (Å²) in [5.41, 5.74) is 4.38. The van der Waals surface area contributed by atoms with Gasteiger partial charge in [0.25, 0.3) is 0 Å². The van der Waals surface area contributed by atoms with Gasteiger partial charge in [0.2, 0.25) is 0 Å². The molecule has 0 unspecified atom stereocenters. The number of aromatic nitrogens is 3. The van der Waals surface area contributed by atoms with Crippen molar-refractivity contribution in [3.8, 4) is 11.3 Å². The summed E-state index contributed by atoms with van der Waals surface area (Å²) in [6.45, 7) is 4.21. The molecule has 0 N–H and O–H groups in total. The molecule has 0 atom stereocenters. The molecule has 5 rings (SSSR count). The zero-order valence-corrected chi connectivity index (χ0v) is 14.0. The maximum absolute atomic E-state index is 4.76. The lowest BCUT2D eigenvalue weighted by Gasteiger charge is -2.06. The first-order chi connectivity index (χ1) is 12.3. The van der Waals surface area contributed by atoms with Crippen molar-refractivity contribution in [1.29, 1.82) is 0 Å². The van der Waals surface area contributed by atoms with Gasteiger partial charge in [0.05, 0.1) is 5.69 Å². The molecular formula is C22H19N3. The topological polar surface area (TPSA) is 30.2 Å². The largest absolute Gasteiger partial charge is 0.213 e. The van der Waals surface area contributed by atoms with Crippen LogP contribution < -0.4 is 0 Å². The average Bonchev–Trinajstić information content (AvgIpc) is 3.41. The van der Waals surface area contributed by atoms with Crippen LogP contribution in [0.4, 0.5) is 0 Å². The van der Waals surface area contributed by atoms with Crippen molar-refractivity contribution in [2.24, 2.45) is 5.92 Å². The van der Waals surface area contributed by atoms with E-state index in [1.54, 1.807) is 0 Å². The summed E-state index contributed by atoms with van der Waals surface area (Å²) in [6.07, 6.45) is 3.33. The summed E-state index contributed by atoms with van der Waals surface area (Å²) in [5, 5.41) is 7.25. The second-order valence-electron chi connectivity index (χ2n) is 6.88. The van der Waals surface area contributed by atoms with Gasteiger partial charge in [0.1, 0.15) is 0 Å². The molecule has 2 aromatic heterocycles. The van der Waals surface area contributed by atoms with Crippen LogP contribution in [0.3, 0.4) is 0 Å². The van der Waals surface area contributed by atoms with E-state index in [0.717, 1.165) is 29.1 Å². The third kappa shape index (κ3) is 2.62. The fourth-order valence-electron chi connectivity index (χ4n) is 3.43. The highest BCUT2D eigenvalue weighted by Crippen LogP contribution is 2.36. The van der Waals surface area contributed by atoms with Crippen LogP contribution in [-0.2, 0) is 6.42 Å². The minimum atomic E-state index is 0.687. The maximum atomic E-state index is 4.76. The van der Waals surface area contributed by atoms with Crippen LogP contribution in [0.1, 0.15) is 18.7 Å². The normalized spacial score (nSPS) is 14.2. The predicted octanol–water partition coefficient (Wildman–Crippen LogP) is 5.06. The van der Waals surface area contributed by atoms with Crippen molar-refractivity contribution >= 4 is 16.4 Å². The van der Waals surface area contributed by atoms with E-state index < -0.39 is 0 Å². The molecule has 1 fully saturated rings. The summed E-state index contributed by atoms with van der Waals surface area (Å²) in [6, 6.07) is 21.1. The Hall–Kier alpha value is -2.94. The van der Waals surface area contributed by atoms with Crippen molar-refractivity contribution in [3.05, 3.63) is 78.6 Å². The van der Waals surface area contributed by atoms with Gasteiger partial charge >= 0.3 is 0 Å². The number of nitrogens with zero attached hydrogens (tertiary/aromatic N) is 3. The summed E-state index contributed by atoms with van der Waals surface area (Å²) >= 11 is 0. The highest BCUT2D eigenvalue weighted by molar-refractivity contribution is 5.87. The van der Waals surface area contributed by atoms with Crippen LogP contribution in [0.5, 0.6) is 0 Å². The molecule has 2 aromatic carbocycles. The maximum Gasteiger partial charge on any atom is 0.156 e. The molecule has 0 spiro atoms. The van der Waals surface area contributed by atoms with E-state index in [4.69, 9.17) is 10.1 Å². The van der Waals surface area contributed by atoms with E-state index in [0.29, 0.717) is 5.92 Å². The Morgan fingerprint density at radius 1 is 1.00 bits per heavy atom. The molecule has 0 bridgehead atoms. The summed E-state index contributed by atoms with van der Waals surface area (Å²) in [4.78, 5) is 4.70. The standard InChI is InChI=1S/C22H19N3/c1-15(16-9-10-16)13-21-23-22-8-4-7-20(25(22)24-21)19-12-11-17-5-2-3-6-18(17)14-19/h2-8,11-12,14,16H,1,9-10,13H2. The first-order valence-corrected chi connectivity index (χ1v) is 8.79. The fourth-order valence-corrected chi connectivity index (χ4v) is 3.43. The fraction of sp³-hybridized carbons (Fsp3) is 0.182. The Kier molecular flexibility index (Phi) is 3.20. The number of hydrogen-bond donors (Lipinski definition) is 0. The van der Waals surface area contributed by atoms with Crippen LogP contribution in [-0.4, -0.2) is 14.6 Å². The number of pyridine rings is 1. The smallest absolute Gasteiger partial charge is 0.156 e. The molecule has 0 aliphatic heterocycles. The molecule has 3 nitrogen and oxygen atoms in total. The van der Waals surface area contributed by atoms with Crippen LogP contribution in [0.2, 0.25) is 0 Å². The molecule has 1 aliphatic carbocycles. The van der Waals surface area contributed by atoms with Crippen molar-refractivity contribution < 1.29 is 0 Å². The molecule has 122 valence electrons. The molecule has 4 aromatic rings. The van der Waals surface area contributed by atoms with Gasteiger partial charge in [-0.1, -0.05) is 54.6 Å². The molecule has 0 radical (unpaired) electrons. The Morgan fingerprint density at radius 3 is 2.68 bits per heavy atom. The molecule has 3 heteroatoms. The third-order valence-electron chi connectivity index (χ3n) is 4.99. The Balaban J connectivity index is 1.59. The van der Waals surface area contributed by atoms with E-state index in [-0.39, 0.29) is 0 Å². The molecule has 25 heavy (non-hydrogen) atoms. The lowest BCUT2D eigenvalue weighted by molar-refractivity contribution is 0.856. The number of allylic oxidation sites excluding steroid dienone is 1. The van der Waals surface area contributed by atoms with Crippen LogP contribution in [0.15, 0.2) is 72.8 Å². The van der Waals surface area contributed by atoms with E-state index in [9.17, 15) is 0 Å². The molecular weight excluding hydrogens is 306 g/mol. The van der Waals surface area contributed by atoms with Gasteiger partial charge in [-0.15, -0.1) is 0 Å². The van der Waals surface area contributed by atoms with E-state index in [2.05, 4.69) is 55.1 Å². The van der Waals surface area contributed by atoms with Gasteiger partial charge < -0.3 is 0 Å². The summed E-state index contributed by atoms with van der Waals surface area (Å²) < 4.78 is 1.96. The summed E-state index contributed by atoms with van der Waals surface area (Å²) in [7, 11) is 0. The van der Waals surface area contributed by atoms with Crippen molar-refractivity contribution in [2.45, 2.75) is 19.3 Å². The Morgan fingerprint density at radius 2 is 1.84 bits per heavy atom. The molecule has 2 heterocycles. The molecule has 0 saturated heterocycles. The molecule has 1 aliphatic rings. The Labute approximate surface area is 146 Å². The summed E-state index contributed by atoms with van der Waals surface area (Å²) in [5.74, 6) is 1.55. The number of fused-ring (bicyclic) bond motifs is 2. The highest BCUT2D eigenvalue weighted by Gasteiger charge is 2.25.